The van der Waals surface area contributed by atoms with E-state index in [9.17, 15) is 18.8 Å². The zero-order valence-corrected chi connectivity index (χ0v) is 15.9. The van der Waals surface area contributed by atoms with Crippen LogP contribution in [0.1, 0.15) is 16.8 Å². The summed E-state index contributed by atoms with van der Waals surface area (Å²) in [5, 5.41) is 0. The van der Waals surface area contributed by atoms with Crippen molar-refractivity contribution in [3.63, 3.8) is 0 Å². The predicted octanol–water partition coefficient (Wildman–Crippen LogP) is 3.60. The molecule has 30 heavy (non-hydrogen) atoms. The normalized spacial score (nSPS) is 32.8. The first-order valence-corrected chi connectivity index (χ1v) is 10.2. The molecule has 6 heteroatoms. The van der Waals surface area contributed by atoms with Crippen LogP contribution in [0.2, 0.25) is 0 Å². The van der Waals surface area contributed by atoms with Crippen molar-refractivity contribution in [1.29, 1.82) is 0 Å². The lowest BCUT2D eigenvalue weighted by Crippen LogP contribution is -2.40. The van der Waals surface area contributed by atoms with Crippen LogP contribution in [0, 0.1) is 41.3 Å². The number of nitrogens with zero attached hydrogens (tertiary/aromatic N) is 1. The molecule has 0 unspecified atom stereocenters. The largest absolute Gasteiger partial charge is 0.423 e. The predicted molar refractivity (Wildman–Crippen MR) is 105 cm³/mol. The summed E-state index contributed by atoms with van der Waals surface area (Å²) in [5.41, 5.74) is 0.204. The van der Waals surface area contributed by atoms with Crippen LogP contribution in [0.15, 0.2) is 60.7 Å². The molecule has 0 aromatic heterocycles. The molecular formula is C24H18FNO4. The Bertz CT molecular complexity index is 1110. The molecule has 150 valence electrons. The number of carbonyl (C=O) groups is 3. The first-order chi connectivity index (χ1) is 14.5. The van der Waals surface area contributed by atoms with Gasteiger partial charge in [-0.05, 0) is 54.4 Å². The van der Waals surface area contributed by atoms with E-state index in [2.05, 4.69) is 12.2 Å². The van der Waals surface area contributed by atoms with Gasteiger partial charge in [0.2, 0.25) is 11.8 Å². The highest BCUT2D eigenvalue weighted by atomic mass is 19.1. The van der Waals surface area contributed by atoms with Gasteiger partial charge in [0.1, 0.15) is 11.6 Å². The molecule has 2 aromatic carbocycles. The third kappa shape index (κ3) is 2.36. The zero-order valence-electron chi connectivity index (χ0n) is 15.9. The van der Waals surface area contributed by atoms with E-state index in [0.29, 0.717) is 17.5 Å². The van der Waals surface area contributed by atoms with Crippen molar-refractivity contribution < 1.29 is 23.5 Å². The van der Waals surface area contributed by atoms with E-state index in [1.807, 2.05) is 0 Å². The Morgan fingerprint density at radius 2 is 1.60 bits per heavy atom. The number of esters is 1. The van der Waals surface area contributed by atoms with Gasteiger partial charge in [-0.1, -0.05) is 30.4 Å². The van der Waals surface area contributed by atoms with E-state index in [1.165, 1.54) is 29.2 Å². The fourth-order valence-electron chi connectivity index (χ4n) is 5.69. The minimum absolute atomic E-state index is 0.147. The van der Waals surface area contributed by atoms with Crippen LogP contribution in [0.25, 0.3) is 0 Å². The quantitative estimate of drug-likeness (QED) is 0.340. The average molecular weight is 403 g/mol. The van der Waals surface area contributed by atoms with Gasteiger partial charge in [-0.3, -0.25) is 9.59 Å². The summed E-state index contributed by atoms with van der Waals surface area (Å²) in [6.45, 7) is 0. The van der Waals surface area contributed by atoms with Crippen LogP contribution in [0.5, 0.6) is 5.75 Å². The van der Waals surface area contributed by atoms with Crippen LogP contribution in [-0.4, -0.2) is 17.8 Å². The molecule has 5 aliphatic rings. The lowest BCUT2D eigenvalue weighted by atomic mass is 9.63. The van der Waals surface area contributed by atoms with Crippen molar-refractivity contribution in [3.05, 3.63) is 72.1 Å². The number of benzene rings is 2. The van der Waals surface area contributed by atoms with Gasteiger partial charge in [-0.2, -0.15) is 0 Å². The summed E-state index contributed by atoms with van der Waals surface area (Å²) < 4.78 is 19.2. The summed E-state index contributed by atoms with van der Waals surface area (Å²) in [5.74, 6) is -0.921. The van der Waals surface area contributed by atoms with Gasteiger partial charge < -0.3 is 4.74 Å². The molecule has 2 amide bonds. The smallest absolute Gasteiger partial charge is 0.346 e. The Labute approximate surface area is 172 Å². The van der Waals surface area contributed by atoms with Crippen molar-refractivity contribution in [2.24, 2.45) is 35.5 Å². The summed E-state index contributed by atoms with van der Waals surface area (Å²) >= 11 is 0. The Morgan fingerprint density at radius 1 is 0.933 bits per heavy atom. The molecule has 0 spiro atoms. The molecule has 7 rings (SSSR count). The van der Waals surface area contributed by atoms with Gasteiger partial charge in [0, 0.05) is 6.07 Å². The van der Waals surface area contributed by atoms with Crippen molar-refractivity contribution in [3.8, 4) is 5.75 Å². The van der Waals surface area contributed by atoms with E-state index in [1.54, 1.807) is 24.3 Å². The number of carbonyl (C=O) groups excluding carboxylic acids is 3. The molecule has 0 N–H and O–H groups in total. The molecule has 0 radical (unpaired) electrons. The summed E-state index contributed by atoms with van der Waals surface area (Å²) in [6.07, 6.45) is 5.36. The third-order valence-electron chi connectivity index (χ3n) is 7.04. The molecule has 1 heterocycles. The summed E-state index contributed by atoms with van der Waals surface area (Å²) in [4.78, 5) is 40.0. The van der Waals surface area contributed by atoms with Crippen LogP contribution < -0.4 is 9.64 Å². The number of amides is 2. The number of rotatable bonds is 3. The van der Waals surface area contributed by atoms with Crippen LogP contribution in [0.4, 0.5) is 10.1 Å². The molecule has 3 fully saturated rings. The molecule has 1 aliphatic heterocycles. The van der Waals surface area contributed by atoms with Crippen molar-refractivity contribution in [1.82, 2.24) is 0 Å². The number of halogens is 1. The van der Waals surface area contributed by atoms with Gasteiger partial charge in [0.05, 0.1) is 23.1 Å². The maximum atomic E-state index is 13.9. The number of imide groups is 1. The molecule has 5 nitrogen and oxygen atoms in total. The van der Waals surface area contributed by atoms with Crippen molar-refractivity contribution in [2.45, 2.75) is 6.42 Å². The van der Waals surface area contributed by atoms with Crippen LogP contribution in [0.3, 0.4) is 0 Å². The average Bonchev–Trinajstić information content (AvgIpc) is 3.52. The maximum Gasteiger partial charge on any atom is 0.346 e. The standard InChI is InChI=1S/C24H18FNO4/c25-19-7-2-1-6-16(19)24(29)30-13-5-3-4-12(10-13)26-22(27)20-14-8-9-15(18-11-17(14)18)21(20)23(26)28/h1-10,14-15,17-18,20-21H,11H2/t14-,15+,17-,18-,20+,21+/m1/s1. The van der Waals surface area contributed by atoms with Crippen LogP contribution >= 0.6 is 0 Å². The third-order valence-corrected chi connectivity index (χ3v) is 7.04. The molecule has 1 saturated heterocycles. The highest BCUT2D eigenvalue weighted by molar-refractivity contribution is 6.22. The molecule has 4 aliphatic carbocycles. The van der Waals surface area contributed by atoms with Crippen LogP contribution in [-0.2, 0) is 9.59 Å². The molecule has 2 bridgehead atoms. The summed E-state index contributed by atoms with van der Waals surface area (Å²) in [7, 11) is 0. The Hall–Kier alpha value is -3.28. The fraction of sp³-hybridized carbons (Fsp3) is 0.292. The molecular weight excluding hydrogens is 385 g/mol. The molecule has 2 saturated carbocycles. The highest BCUT2D eigenvalue weighted by Crippen LogP contribution is 2.65. The lowest BCUT2D eigenvalue weighted by Gasteiger charge is -2.37. The highest BCUT2D eigenvalue weighted by Gasteiger charge is 2.67. The van der Waals surface area contributed by atoms with E-state index >= 15 is 0 Å². The molecule has 2 aromatic rings. The van der Waals surface area contributed by atoms with Gasteiger partial charge in [-0.15, -0.1) is 0 Å². The molecule has 6 atom stereocenters. The van der Waals surface area contributed by atoms with E-state index in [-0.39, 0.29) is 46.8 Å². The SMILES string of the molecule is O=C(Oc1cccc(N2C(=O)[C@H]3[C@@H]4C=C[C@@H]([C@H]5C[C@H]45)[C@@H]3C2=O)c1)c1ccccc1F. The Morgan fingerprint density at radius 3 is 2.27 bits per heavy atom. The van der Waals surface area contributed by atoms with Gasteiger partial charge in [0.15, 0.2) is 0 Å². The second-order valence-electron chi connectivity index (χ2n) is 8.53. The van der Waals surface area contributed by atoms with E-state index in [4.69, 9.17) is 4.74 Å². The number of anilines is 1. The zero-order chi connectivity index (χ0) is 20.6. The Kier molecular flexibility index (Phi) is 3.58. The van der Waals surface area contributed by atoms with Crippen molar-refractivity contribution in [2.75, 3.05) is 4.90 Å². The van der Waals surface area contributed by atoms with Gasteiger partial charge in [-0.25, -0.2) is 14.1 Å². The Balaban J connectivity index is 1.29. The van der Waals surface area contributed by atoms with E-state index in [0.717, 1.165) is 6.42 Å². The topological polar surface area (TPSA) is 63.7 Å². The second-order valence-corrected chi connectivity index (χ2v) is 8.53. The number of allylic oxidation sites excluding steroid dienone is 2. The van der Waals surface area contributed by atoms with E-state index < -0.39 is 11.8 Å². The summed E-state index contributed by atoms with van der Waals surface area (Å²) in [6, 6.07) is 11.9. The first-order valence-electron chi connectivity index (χ1n) is 10.2. The lowest BCUT2D eigenvalue weighted by molar-refractivity contribution is -0.124. The van der Waals surface area contributed by atoms with Gasteiger partial charge in [0.25, 0.3) is 0 Å². The van der Waals surface area contributed by atoms with Crippen molar-refractivity contribution >= 4 is 23.5 Å². The maximum absolute atomic E-state index is 13.9. The number of hydrogen-bond acceptors (Lipinski definition) is 4. The monoisotopic (exact) mass is 403 g/mol. The fourth-order valence-corrected chi connectivity index (χ4v) is 5.69. The number of ether oxygens (including phenoxy) is 1. The van der Waals surface area contributed by atoms with Gasteiger partial charge >= 0.3 is 5.97 Å². The number of hydrogen-bond donors (Lipinski definition) is 0. The minimum Gasteiger partial charge on any atom is -0.423 e. The second kappa shape index (κ2) is 6.11. The minimum atomic E-state index is -0.833. The first kappa shape index (κ1) is 17.6.